The smallest absolute Gasteiger partial charge is 0.168 e. The van der Waals surface area contributed by atoms with Gasteiger partial charge in [-0.3, -0.25) is 0 Å². The topological polar surface area (TPSA) is 50.9 Å². The fraction of sp³-hybridized carbons (Fsp3) is 0.214. The molecular formula is C14H15F2N3. The molecule has 1 aromatic carbocycles. The van der Waals surface area contributed by atoms with Crippen molar-refractivity contribution in [1.82, 2.24) is 10.3 Å². The Hall–Kier alpha value is -2.01. The van der Waals surface area contributed by atoms with Gasteiger partial charge in [0.05, 0.1) is 5.69 Å². The van der Waals surface area contributed by atoms with Crippen LogP contribution in [-0.4, -0.2) is 12.0 Å². The molecule has 0 bridgehead atoms. The Labute approximate surface area is 110 Å². The first kappa shape index (κ1) is 13.4. The second-order valence-corrected chi connectivity index (χ2v) is 4.42. The number of aromatic nitrogens is 1. The van der Waals surface area contributed by atoms with Crippen molar-refractivity contribution in [3.63, 3.8) is 0 Å². The molecule has 0 spiro atoms. The number of pyridine rings is 1. The molecular weight excluding hydrogens is 248 g/mol. The summed E-state index contributed by atoms with van der Waals surface area (Å²) in [5, 5.41) is 2.90. The predicted molar refractivity (Wildman–Crippen MR) is 71.5 cm³/mol. The molecule has 0 radical (unpaired) electrons. The molecule has 0 atom stereocenters. The van der Waals surface area contributed by atoms with Gasteiger partial charge in [-0.05, 0) is 49.4 Å². The third-order valence-electron chi connectivity index (χ3n) is 2.73. The lowest BCUT2D eigenvalue weighted by atomic mass is 10.0. The quantitative estimate of drug-likeness (QED) is 0.895. The van der Waals surface area contributed by atoms with Crippen molar-refractivity contribution >= 4 is 5.82 Å². The summed E-state index contributed by atoms with van der Waals surface area (Å²) in [6, 6.07) is 6.11. The molecule has 100 valence electrons. The fourth-order valence-corrected chi connectivity index (χ4v) is 1.97. The molecule has 0 aliphatic heterocycles. The normalized spacial score (nSPS) is 10.7. The number of nitrogen functional groups attached to an aromatic ring is 1. The largest absolute Gasteiger partial charge is 0.384 e. The van der Waals surface area contributed by atoms with Crippen molar-refractivity contribution < 1.29 is 8.78 Å². The second-order valence-electron chi connectivity index (χ2n) is 4.42. The highest BCUT2D eigenvalue weighted by atomic mass is 19.2. The molecule has 2 rings (SSSR count). The summed E-state index contributed by atoms with van der Waals surface area (Å²) in [5.41, 5.74) is 7.61. The molecule has 0 amide bonds. The SMILES string of the molecule is CNCc1cc(F)c(F)c(-c2cc(C)cc(N)n2)c1. The van der Waals surface area contributed by atoms with E-state index in [2.05, 4.69) is 10.3 Å². The van der Waals surface area contributed by atoms with E-state index in [9.17, 15) is 8.78 Å². The maximum Gasteiger partial charge on any atom is 0.168 e. The first-order valence-electron chi connectivity index (χ1n) is 5.88. The van der Waals surface area contributed by atoms with Gasteiger partial charge in [-0.25, -0.2) is 13.8 Å². The summed E-state index contributed by atoms with van der Waals surface area (Å²) < 4.78 is 27.5. The minimum atomic E-state index is -0.905. The summed E-state index contributed by atoms with van der Waals surface area (Å²) in [5.74, 6) is -1.50. The van der Waals surface area contributed by atoms with E-state index in [0.29, 0.717) is 17.8 Å². The van der Waals surface area contributed by atoms with E-state index < -0.39 is 11.6 Å². The van der Waals surface area contributed by atoms with Crippen molar-refractivity contribution in [2.45, 2.75) is 13.5 Å². The third-order valence-corrected chi connectivity index (χ3v) is 2.73. The average molecular weight is 263 g/mol. The summed E-state index contributed by atoms with van der Waals surface area (Å²) in [6.45, 7) is 2.28. The first-order chi connectivity index (χ1) is 9.01. The number of hydrogen-bond donors (Lipinski definition) is 2. The van der Waals surface area contributed by atoms with Crippen LogP contribution >= 0.6 is 0 Å². The zero-order chi connectivity index (χ0) is 14.0. The molecule has 1 aromatic heterocycles. The summed E-state index contributed by atoms with van der Waals surface area (Å²) >= 11 is 0. The van der Waals surface area contributed by atoms with Crippen molar-refractivity contribution in [2.24, 2.45) is 0 Å². The Balaban J connectivity index is 2.59. The van der Waals surface area contributed by atoms with E-state index in [1.807, 2.05) is 6.92 Å². The lowest BCUT2D eigenvalue weighted by Crippen LogP contribution is -2.07. The number of halogens is 2. The van der Waals surface area contributed by atoms with Gasteiger partial charge < -0.3 is 11.1 Å². The monoisotopic (exact) mass is 263 g/mol. The Morgan fingerprint density at radius 1 is 1.21 bits per heavy atom. The van der Waals surface area contributed by atoms with Gasteiger partial charge in [-0.15, -0.1) is 0 Å². The van der Waals surface area contributed by atoms with Gasteiger partial charge in [0.1, 0.15) is 5.82 Å². The predicted octanol–water partition coefficient (Wildman–Crippen LogP) is 2.64. The van der Waals surface area contributed by atoms with Crippen LogP contribution in [0.25, 0.3) is 11.3 Å². The first-order valence-corrected chi connectivity index (χ1v) is 5.88. The molecule has 0 aliphatic rings. The molecule has 0 unspecified atom stereocenters. The van der Waals surface area contributed by atoms with Gasteiger partial charge in [-0.2, -0.15) is 0 Å². The minimum Gasteiger partial charge on any atom is -0.384 e. The standard InChI is InChI=1S/C14H15F2N3/c1-8-3-12(19-13(17)4-8)10-5-9(7-18-2)6-11(15)14(10)16/h3-6,18H,7H2,1-2H3,(H2,17,19). The number of nitrogens with zero attached hydrogens (tertiary/aromatic N) is 1. The number of hydrogen-bond acceptors (Lipinski definition) is 3. The Bertz CT molecular complexity index is 592. The van der Waals surface area contributed by atoms with Crippen LogP contribution in [0, 0.1) is 18.6 Å². The van der Waals surface area contributed by atoms with Gasteiger partial charge in [0.25, 0.3) is 0 Å². The van der Waals surface area contributed by atoms with Gasteiger partial charge >= 0.3 is 0 Å². The van der Waals surface area contributed by atoms with E-state index in [1.54, 1.807) is 25.2 Å². The highest BCUT2D eigenvalue weighted by Gasteiger charge is 2.14. The Morgan fingerprint density at radius 3 is 2.58 bits per heavy atom. The van der Waals surface area contributed by atoms with Crippen LogP contribution in [-0.2, 0) is 6.54 Å². The van der Waals surface area contributed by atoms with Crippen LogP contribution in [0.5, 0.6) is 0 Å². The number of nitrogens with two attached hydrogens (primary N) is 1. The molecule has 2 aromatic rings. The van der Waals surface area contributed by atoms with Crippen LogP contribution in [0.1, 0.15) is 11.1 Å². The van der Waals surface area contributed by atoms with Crippen molar-refractivity contribution in [3.8, 4) is 11.3 Å². The van der Waals surface area contributed by atoms with E-state index >= 15 is 0 Å². The summed E-state index contributed by atoms with van der Waals surface area (Å²) in [6.07, 6.45) is 0. The number of nitrogens with one attached hydrogen (secondary N) is 1. The molecule has 1 heterocycles. The van der Waals surface area contributed by atoms with Crippen LogP contribution in [0.15, 0.2) is 24.3 Å². The molecule has 3 N–H and O–H groups in total. The minimum absolute atomic E-state index is 0.126. The van der Waals surface area contributed by atoms with Crippen LogP contribution in [0.3, 0.4) is 0 Å². The highest BCUT2D eigenvalue weighted by molar-refractivity contribution is 5.63. The van der Waals surface area contributed by atoms with E-state index in [1.165, 1.54) is 6.07 Å². The van der Waals surface area contributed by atoms with Crippen LogP contribution in [0.2, 0.25) is 0 Å². The lowest BCUT2D eigenvalue weighted by Gasteiger charge is -2.09. The number of benzene rings is 1. The Morgan fingerprint density at radius 2 is 1.95 bits per heavy atom. The molecule has 0 aliphatic carbocycles. The molecule has 3 nitrogen and oxygen atoms in total. The zero-order valence-electron chi connectivity index (χ0n) is 10.8. The van der Waals surface area contributed by atoms with Crippen molar-refractivity contribution in [2.75, 3.05) is 12.8 Å². The second kappa shape index (κ2) is 5.32. The van der Waals surface area contributed by atoms with Gasteiger partial charge in [0.2, 0.25) is 0 Å². The molecule has 0 fully saturated rings. The molecule has 19 heavy (non-hydrogen) atoms. The molecule has 5 heteroatoms. The summed E-state index contributed by atoms with van der Waals surface area (Å²) in [7, 11) is 1.74. The number of aryl methyl sites for hydroxylation is 1. The van der Waals surface area contributed by atoms with Gasteiger partial charge in [0, 0.05) is 12.1 Å². The molecule has 0 saturated carbocycles. The Kier molecular flexibility index (Phi) is 3.76. The summed E-state index contributed by atoms with van der Waals surface area (Å²) in [4.78, 5) is 4.06. The fourth-order valence-electron chi connectivity index (χ4n) is 1.97. The van der Waals surface area contributed by atoms with Gasteiger partial charge in [0.15, 0.2) is 11.6 Å². The van der Waals surface area contributed by atoms with E-state index in [4.69, 9.17) is 5.73 Å². The maximum absolute atomic E-state index is 13.9. The zero-order valence-corrected chi connectivity index (χ0v) is 10.8. The van der Waals surface area contributed by atoms with Gasteiger partial charge in [-0.1, -0.05) is 0 Å². The van der Waals surface area contributed by atoms with E-state index in [-0.39, 0.29) is 11.4 Å². The third kappa shape index (κ3) is 2.88. The van der Waals surface area contributed by atoms with Crippen molar-refractivity contribution in [3.05, 3.63) is 47.0 Å². The number of rotatable bonds is 3. The average Bonchev–Trinajstić information content (AvgIpc) is 2.32. The number of anilines is 1. The lowest BCUT2D eigenvalue weighted by molar-refractivity contribution is 0.509. The maximum atomic E-state index is 13.9. The van der Waals surface area contributed by atoms with E-state index in [0.717, 1.165) is 5.56 Å². The van der Waals surface area contributed by atoms with Crippen LogP contribution in [0.4, 0.5) is 14.6 Å². The van der Waals surface area contributed by atoms with Crippen LogP contribution < -0.4 is 11.1 Å². The molecule has 0 saturated heterocycles. The highest BCUT2D eigenvalue weighted by Crippen LogP contribution is 2.26. The van der Waals surface area contributed by atoms with Crippen molar-refractivity contribution in [1.29, 1.82) is 0 Å².